The number of rotatable bonds is 9. The third-order valence-corrected chi connectivity index (χ3v) is 6.71. The average molecular weight is 496 g/mol. The van der Waals surface area contributed by atoms with E-state index in [1.807, 2.05) is 0 Å². The Labute approximate surface area is 199 Å². The summed E-state index contributed by atoms with van der Waals surface area (Å²) in [5.74, 6) is 3.63. The predicted octanol–water partition coefficient (Wildman–Crippen LogP) is -0.519. The van der Waals surface area contributed by atoms with Crippen LogP contribution in [-0.2, 0) is 29.1 Å². The second-order valence-electron chi connectivity index (χ2n) is 7.42. The number of methoxy groups -OCH3 is 2. The smallest absolute Gasteiger partial charge is 0.339 e. The molecule has 0 spiro atoms. The fourth-order valence-corrected chi connectivity index (χ4v) is 4.37. The molecule has 2 rings (SSSR count). The summed E-state index contributed by atoms with van der Waals surface area (Å²) in [6.07, 6.45) is 1.09. The first-order chi connectivity index (χ1) is 16.1. The van der Waals surface area contributed by atoms with Crippen LogP contribution < -0.4 is 10.1 Å². The predicted molar refractivity (Wildman–Crippen MR) is 122 cm³/mol. The van der Waals surface area contributed by atoms with Gasteiger partial charge in [-0.1, -0.05) is 5.92 Å². The van der Waals surface area contributed by atoms with Gasteiger partial charge in [-0.2, -0.15) is 4.31 Å². The zero-order valence-electron chi connectivity index (χ0n) is 19.6. The number of carbonyl (C=O) groups is 3. The highest BCUT2D eigenvalue weighted by Gasteiger charge is 2.54. The zero-order valence-corrected chi connectivity index (χ0v) is 20.4. The lowest BCUT2D eigenvalue weighted by Crippen LogP contribution is -2.69. The number of esters is 2. The van der Waals surface area contributed by atoms with Crippen LogP contribution in [0.25, 0.3) is 0 Å². The first kappa shape index (κ1) is 27.1. The summed E-state index contributed by atoms with van der Waals surface area (Å²) in [6.45, 7) is 1.72. The Morgan fingerprint density at radius 3 is 2.06 bits per heavy atom. The Kier molecular flexibility index (Phi) is 9.43. The number of sulfonamides is 1. The van der Waals surface area contributed by atoms with Crippen molar-refractivity contribution in [2.75, 3.05) is 59.8 Å². The van der Waals surface area contributed by atoms with E-state index >= 15 is 0 Å². The Balaban J connectivity index is 2.22. The molecular weight excluding hydrogens is 466 g/mol. The van der Waals surface area contributed by atoms with E-state index in [1.54, 1.807) is 19.1 Å². The minimum Gasteiger partial charge on any atom is -0.481 e. The van der Waals surface area contributed by atoms with Gasteiger partial charge < -0.3 is 19.5 Å². The molecule has 1 amide bonds. The van der Waals surface area contributed by atoms with Gasteiger partial charge in [0.1, 0.15) is 12.4 Å². The van der Waals surface area contributed by atoms with E-state index in [0.717, 1.165) is 20.5 Å². The SMILES string of the molecule is CC#CCOc1ccc(C(=O)NCC(C(=O)OC)(C(=O)OC)N2CCN(S(C)(=O)=O)CC2)cc1. The average Bonchev–Trinajstić information content (AvgIpc) is 2.84. The molecule has 1 saturated heterocycles. The summed E-state index contributed by atoms with van der Waals surface area (Å²) < 4.78 is 40.1. The van der Waals surface area contributed by atoms with Crippen molar-refractivity contribution >= 4 is 27.9 Å². The Bertz CT molecular complexity index is 1040. The molecule has 0 aromatic heterocycles. The molecule has 0 aliphatic carbocycles. The van der Waals surface area contributed by atoms with Crippen LogP contribution in [0.15, 0.2) is 24.3 Å². The van der Waals surface area contributed by atoms with Gasteiger partial charge in [-0.05, 0) is 31.2 Å². The van der Waals surface area contributed by atoms with Gasteiger partial charge in [-0.3, -0.25) is 9.69 Å². The molecule has 1 aromatic rings. The largest absolute Gasteiger partial charge is 0.481 e. The van der Waals surface area contributed by atoms with Crippen LogP contribution in [-0.4, -0.2) is 101 Å². The number of hydrogen-bond acceptors (Lipinski definition) is 9. The van der Waals surface area contributed by atoms with Crippen molar-refractivity contribution in [1.82, 2.24) is 14.5 Å². The minimum atomic E-state index is -3.43. The van der Waals surface area contributed by atoms with Crippen molar-refractivity contribution in [3.8, 4) is 17.6 Å². The number of hydrogen-bond donors (Lipinski definition) is 1. The van der Waals surface area contributed by atoms with E-state index in [4.69, 9.17) is 14.2 Å². The highest BCUT2D eigenvalue weighted by molar-refractivity contribution is 7.88. The van der Waals surface area contributed by atoms with Gasteiger partial charge in [0, 0.05) is 31.7 Å². The second-order valence-corrected chi connectivity index (χ2v) is 9.40. The van der Waals surface area contributed by atoms with Gasteiger partial charge in [0.25, 0.3) is 5.91 Å². The van der Waals surface area contributed by atoms with Crippen molar-refractivity contribution in [3.05, 3.63) is 29.8 Å². The first-order valence-electron chi connectivity index (χ1n) is 10.4. The molecule has 0 unspecified atom stereocenters. The fraction of sp³-hybridized carbons (Fsp3) is 0.500. The second kappa shape index (κ2) is 11.8. The molecule has 0 saturated carbocycles. The van der Waals surface area contributed by atoms with Crippen molar-refractivity contribution in [2.24, 2.45) is 0 Å². The van der Waals surface area contributed by atoms with Crippen LogP contribution in [0.2, 0.25) is 0 Å². The van der Waals surface area contributed by atoms with Crippen LogP contribution in [0.5, 0.6) is 5.75 Å². The topological polar surface area (TPSA) is 132 Å². The third-order valence-electron chi connectivity index (χ3n) is 5.40. The summed E-state index contributed by atoms with van der Waals surface area (Å²) in [5, 5.41) is 2.60. The third kappa shape index (κ3) is 6.25. The summed E-state index contributed by atoms with van der Waals surface area (Å²) in [4.78, 5) is 39.9. The monoisotopic (exact) mass is 495 g/mol. The van der Waals surface area contributed by atoms with Crippen LogP contribution in [0.1, 0.15) is 17.3 Å². The van der Waals surface area contributed by atoms with Gasteiger partial charge in [0.15, 0.2) is 0 Å². The minimum absolute atomic E-state index is 0.0554. The maximum Gasteiger partial charge on any atom is 0.339 e. The van der Waals surface area contributed by atoms with Crippen molar-refractivity contribution in [2.45, 2.75) is 12.5 Å². The molecule has 0 atom stereocenters. The van der Waals surface area contributed by atoms with Crippen molar-refractivity contribution in [1.29, 1.82) is 0 Å². The standard InChI is InChI=1S/C22H29N3O8S/c1-5-6-15-33-18-9-7-17(8-10-18)19(26)23-16-22(20(27)31-2,21(28)32-3)24-11-13-25(14-12-24)34(4,29)30/h7-10H,11-16H2,1-4H3,(H,23,26). The maximum atomic E-state index is 12.9. The lowest BCUT2D eigenvalue weighted by Gasteiger charge is -2.43. The highest BCUT2D eigenvalue weighted by atomic mass is 32.2. The summed E-state index contributed by atoms with van der Waals surface area (Å²) in [7, 11) is -1.19. The number of benzene rings is 1. The molecule has 11 nitrogen and oxygen atoms in total. The molecule has 0 bridgehead atoms. The van der Waals surface area contributed by atoms with Crippen LogP contribution in [0, 0.1) is 11.8 Å². The molecule has 1 aliphatic rings. The van der Waals surface area contributed by atoms with Gasteiger partial charge in [0.05, 0.1) is 27.0 Å². The summed E-state index contributed by atoms with van der Waals surface area (Å²) in [5.41, 5.74) is -1.70. The van der Waals surface area contributed by atoms with Gasteiger partial charge in [-0.15, -0.1) is 5.92 Å². The summed E-state index contributed by atoms with van der Waals surface area (Å²) >= 11 is 0. The fourth-order valence-electron chi connectivity index (χ4n) is 3.54. The van der Waals surface area contributed by atoms with Gasteiger partial charge in [0.2, 0.25) is 15.6 Å². The Morgan fingerprint density at radius 2 is 1.59 bits per heavy atom. The number of piperazine rings is 1. The number of nitrogens with one attached hydrogen (secondary N) is 1. The first-order valence-corrected chi connectivity index (χ1v) is 12.2. The zero-order chi connectivity index (χ0) is 25.4. The Morgan fingerprint density at radius 1 is 1.03 bits per heavy atom. The van der Waals surface area contributed by atoms with Gasteiger partial charge in [-0.25, -0.2) is 18.0 Å². The van der Waals surface area contributed by atoms with E-state index in [0.29, 0.717) is 5.75 Å². The van der Waals surface area contributed by atoms with E-state index in [-0.39, 0.29) is 38.3 Å². The van der Waals surface area contributed by atoms with Crippen molar-refractivity contribution < 1.29 is 37.0 Å². The molecule has 1 heterocycles. The quantitative estimate of drug-likeness (QED) is 0.273. The number of amides is 1. The molecule has 1 fully saturated rings. The van der Waals surface area contributed by atoms with Crippen LogP contribution in [0.4, 0.5) is 0 Å². The molecule has 186 valence electrons. The normalized spacial score (nSPS) is 14.9. The Hall–Kier alpha value is -3.14. The number of ether oxygens (including phenoxy) is 3. The molecule has 1 N–H and O–H groups in total. The van der Waals surface area contributed by atoms with E-state index < -0.39 is 40.0 Å². The van der Waals surface area contributed by atoms with E-state index in [2.05, 4.69) is 17.2 Å². The van der Waals surface area contributed by atoms with Crippen LogP contribution >= 0.6 is 0 Å². The lowest BCUT2D eigenvalue weighted by atomic mass is 9.95. The summed E-state index contributed by atoms with van der Waals surface area (Å²) in [6, 6.07) is 6.27. The maximum absolute atomic E-state index is 12.9. The molecule has 0 radical (unpaired) electrons. The van der Waals surface area contributed by atoms with Gasteiger partial charge >= 0.3 is 11.9 Å². The molecule has 1 aromatic carbocycles. The number of nitrogens with zero attached hydrogens (tertiary/aromatic N) is 2. The van der Waals surface area contributed by atoms with Crippen molar-refractivity contribution in [3.63, 3.8) is 0 Å². The number of carbonyl (C=O) groups excluding carboxylic acids is 3. The molecule has 12 heteroatoms. The molecular formula is C22H29N3O8S. The van der Waals surface area contributed by atoms with Crippen LogP contribution in [0.3, 0.4) is 0 Å². The van der Waals surface area contributed by atoms with E-state index in [9.17, 15) is 22.8 Å². The van der Waals surface area contributed by atoms with E-state index in [1.165, 1.54) is 21.3 Å². The molecule has 1 aliphatic heterocycles. The highest BCUT2D eigenvalue weighted by Crippen LogP contribution is 2.23. The molecule has 34 heavy (non-hydrogen) atoms. The lowest BCUT2D eigenvalue weighted by molar-refractivity contribution is -0.172.